The maximum absolute atomic E-state index is 12.6. The summed E-state index contributed by atoms with van der Waals surface area (Å²) in [5.74, 6) is -2.64. The van der Waals surface area contributed by atoms with Crippen molar-refractivity contribution in [3.8, 4) is 0 Å². The molecule has 0 bridgehead atoms. The lowest BCUT2D eigenvalue weighted by molar-refractivity contribution is -0.157. The van der Waals surface area contributed by atoms with Gasteiger partial charge in [-0.3, -0.25) is 9.59 Å². The summed E-state index contributed by atoms with van der Waals surface area (Å²) in [5.41, 5.74) is 0.646. The third-order valence-corrected chi connectivity index (χ3v) is 4.36. The Hall–Kier alpha value is -2.63. The van der Waals surface area contributed by atoms with Crippen molar-refractivity contribution in [3.05, 3.63) is 42.0 Å². The van der Waals surface area contributed by atoms with Crippen LogP contribution in [0.2, 0.25) is 0 Å². The van der Waals surface area contributed by atoms with Crippen molar-refractivity contribution in [2.75, 3.05) is 5.32 Å². The molecule has 134 valence electrons. The highest BCUT2D eigenvalue weighted by Gasteiger charge is 2.35. The Bertz CT molecular complexity index is 665. The molecule has 0 saturated carbocycles. The van der Waals surface area contributed by atoms with E-state index in [1.807, 2.05) is 26.0 Å². The zero-order chi connectivity index (χ0) is 18.4. The van der Waals surface area contributed by atoms with E-state index in [9.17, 15) is 14.4 Å². The van der Waals surface area contributed by atoms with E-state index in [4.69, 9.17) is 9.84 Å². The fraction of sp³-hybridized carbons (Fsp3) is 0.421. The van der Waals surface area contributed by atoms with E-state index in [0.717, 1.165) is 6.42 Å². The van der Waals surface area contributed by atoms with E-state index in [1.54, 1.807) is 0 Å². The van der Waals surface area contributed by atoms with Crippen LogP contribution in [0.4, 0.5) is 5.69 Å². The molecular formula is C19H23NO5. The van der Waals surface area contributed by atoms with E-state index in [2.05, 4.69) is 5.32 Å². The van der Waals surface area contributed by atoms with Crippen LogP contribution in [0, 0.1) is 11.8 Å². The van der Waals surface area contributed by atoms with E-state index in [-0.39, 0.29) is 23.5 Å². The minimum atomic E-state index is -1.02. The molecule has 0 fully saturated rings. The Morgan fingerprint density at radius 1 is 1.16 bits per heavy atom. The van der Waals surface area contributed by atoms with Crippen molar-refractivity contribution >= 4 is 23.5 Å². The lowest BCUT2D eigenvalue weighted by Crippen LogP contribution is -2.36. The summed E-state index contributed by atoms with van der Waals surface area (Å²) in [6.45, 7) is 3.76. The van der Waals surface area contributed by atoms with Gasteiger partial charge in [-0.15, -0.1) is 0 Å². The van der Waals surface area contributed by atoms with Crippen LogP contribution >= 0.6 is 0 Å². The van der Waals surface area contributed by atoms with Crippen LogP contribution in [0.5, 0.6) is 0 Å². The highest BCUT2D eigenvalue weighted by atomic mass is 16.5. The first-order valence-electron chi connectivity index (χ1n) is 8.42. The number of rotatable bonds is 6. The van der Waals surface area contributed by atoms with Crippen LogP contribution < -0.4 is 5.32 Å². The first kappa shape index (κ1) is 18.7. The van der Waals surface area contributed by atoms with Crippen molar-refractivity contribution in [1.82, 2.24) is 0 Å². The van der Waals surface area contributed by atoms with Crippen molar-refractivity contribution in [2.45, 2.75) is 39.2 Å². The molecule has 0 aliphatic heterocycles. The lowest BCUT2D eigenvalue weighted by Gasteiger charge is -2.27. The molecule has 6 heteroatoms. The second kappa shape index (κ2) is 8.46. The maximum Gasteiger partial charge on any atom is 0.335 e. The Kier molecular flexibility index (Phi) is 6.33. The Morgan fingerprint density at radius 3 is 2.32 bits per heavy atom. The maximum atomic E-state index is 12.6. The fourth-order valence-electron chi connectivity index (χ4n) is 2.66. The number of nitrogens with one attached hydrogen (secondary N) is 1. The van der Waals surface area contributed by atoms with Crippen molar-refractivity contribution in [2.24, 2.45) is 11.8 Å². The van der Waals surface area contributed by atoms with E-state index in [1.165, 1.54) is 24.3 Å². The minimum absolute atomic E-state index is 0.147. The second-order valence-corrected chi connectivity index (χ2v) is 6.18. The van der Waals surface area contributed by atoms with Gasteiger partial charge < -0.3 is 15.2 Å². The predicted octanol–water partition coefficient (Wildman–Crippen LogP) is 3.25. The van der Waals surface area contributed by atoms with Gasteiger partial charge in [-0.05, 0) is 50.5 Å². The smallest absolute Gasteiger partial charge is 0.335 e. The normalized spacial score (nSPS) is 20.6. The number of carbonyl (C=O) groups excluding carboxylic acids is 2. The Morgan fingerprint density at radius 2 is 1.76 bits per heavy atom. The van der Waals surface area contributed by atoms with Crippen molar-refractivity contribution in [1.29, 1.82) is 0 Å². The molecule has 1 amide bonds. The van der Waals surface area contributed by atoms with Crippen LogP contribution in [0.1, 0.15) is 43.5 Å². The molecule has 0 heterocycles. The standard InChI is InChI=1S/C19H23NO5/c1-3-12(2)25-19(24)16-7-5-4-6-15(16)17(21)20-14-10-8-13(9-11-14)18(22)23/h4-5,8-12,15-16H,3,6-7H2,1-2H3,(H,20,21)(H,22,23)/t12-,15-,16+/m0/s1. The first-order valence-corrected chi connectivity index (χ1v) is 8.42. The van der Waals surface area contributed by atoms with Gasteiger partial charge in [-0.1, -0.05) is 19.1 Å². The van der Waals surface area contributed by atoms with Crippen LogP contribution in [-0.4, -0.2) is 29.1 Å². The van der Waals surface area contributed by atoms with Gasteiger partial charge in [0.25, 0.3) is 0 Å². The van der Waals surface area contributed by atoms with Crippen LogP contribution in [0.25, 0.3) is 0 Å². The Balaban J connectivity index is 2.06. The van der Waals surface area contributed by atoms with Gasteiger partial charge in [-0.25, -0.2) is 4.79 Å². The Labute approximate surface area is 146 Å². The van der Waals surface area contributed by atoms with Gasteiger partial charge in [0.05, 0.1) is 23.5 Å². The number of hydrogen-bond acceptors (Lipinski definition) is 4. The van der Waals surface area contributed by atoms with Gasteiger partial charge in [0.15, 0.2) is 0 Å². The van der Waals surface area contributed by atoms with E-state index >= 15 is 0 Å². The fourth-order valence-corrected chi connectivity index (χ4v) is 2.66. The topological polar surface area (TPSA) is 92.7 Å². The zero-order valence-electron chi connectivity index (χ0n) is 14.4. The van der Waals surface area contributed by atoms with Gasteiger partial charge in [-0.2, -0.15) is 0 Å². The molecule has 3 atom stereocenters. The average Bonchev–Trinajstić information content (AvgIpc) is 2.61. The molecule has 25 heavy (non-hydrogen) atoms. The molecule has 6 nitrogen and oxygen atoms in total. The predicted molar refractivity (Wildman–Crippen MR) is 93.2 cm³/mol. The van der Waals surface area contributed by atoms with Gasteiger partial charge in [0, 0.05) is 5.69 Å². The molecule has 0 unspecified atom stereocenters. The number of benzene rings is 1. The van der Waals surface area contributed by atoms with Crippen LogP contribution in [0.3, 0.4) is 0 Å². The highest BCUT2D eigenvalue weighted by Crippen LogP contribution is 2.28. The molecule has 0 spiro atoms. The molecule has 1 aromatic carbocycles. The van der Waals surface area contributed by atoms with Gasteiger partial charge in [0.1, 0.15) is 0 Å². The molecule has 0 radical (unpaired) electrons. The number of allylic oxidation sites excluding steroid dienone is 2. The highest BCUT2D eigenvalue weighted by molar-refractivity contribution is 5.96. The third kappa shape index (κ3) is 4.92. The lowest BCUT2D eigenvalue weighted by atomic mass is 9.82. The number of carbonyl (C=O) groups is 3. The quantitative estimate of drug-likeness (QED) is 0.610. The minimum Gasteiger partial charge on any atom is -0.478 e. The monoisotopic (exact) mass is 345 g/mol. The first-order chi connectivity index (χ1) is 11.9. The molecule has 1 aromatic rings. The summed E-state index contributed by atoms with van der Waals surface area (Å²) in [6, 6.07) is 5.92. The van der Waals surface area contributed by atoms with Crippen LogP contribution in [0.15, 0.2) is 36.4 Å². The SMILES string of the molecule is CC[C@H](C)OC(=O)[C@@H]1CC=CC[C@@H]1C(=O)Nc1ccc(C(=O)O)cc1. The molecule has 0 aromatic heterocycles. The summed E-state index contributed by atoms with van der Waals surface area (Å²) >= 11 is 0. The summed E-state index contributed by atoms with van der Waals surface area (Å²) in [6.07, 6.45) is 5.29. The third-order valence-electron chi connectivity index (χ3n) is 4.36. The average molecular weight is 345 g/mol. The summed E-state index contributed by atoms with van der Waals surface area (Å²) in [5, 5.41) is 11.7. The zero-order valence-corrected chi connectivity index (χ0v) is 14.4. The van der Waals surface area contributed by atoms with Crippen LogP contribution in [-0.2, 0) is 14.3 Å². The largest absolute Gasteiger partial charge is 0.478 e. The van der Waals surface area contributed by atoms with Gasteiger partial charge in [0.2, 0.25) is 5.91 Å². The van der Waals surface area contributed by atoms with E-state index < -0.39 is 17.8 Å². The molecule has 2 rings (SSSR count). The summed E-state index contributed by atoms with van der Waals surface area (Å²) < 4.78 is 5.39. The van der Waals surface area contributed by atoms with Crippen molar-refractivity contribution in [3.63, 3.8) is 0 Å². The van der Waals surface area contributed by atoms with E-state index in [0.29, 0.717) is 18.5 Å². The molecule has 0 saturated heterocycles. The van der Waals surface area contributed by atoms with Gasteiger partial charge >= 0.3 is 11.9 Å². The summed E-state index contributed by atoms with van der Waals surface area (Å²) in [4.78, 5) is 35.8. The number of ether oxygens (including phenoxy) is 1. The number of amides is 1. The van der Waals surface area contributed by atoms with Crippen molar-refractivity contribution < 1.29 is 24.2 Å². The second-order valence-electron chi connectivity index (χ2n) is 6.18. The number of esters is 1. The molecule has 1 aliphatic carbocycles. The number of carboxylic acid groups (broad SMARTS) is 1. The summed E-state index contributed by atoms with van der Waals surface area (Å²) in [7, 11) is 0. The number of hydrogen-bond donors (Lipinski definition) is 2. The number of aromatic carboxylic acids is 1. The number of anilines is 1. The number of carboxylic acids is 1. The molecule has 2 N–H and O–H groups in total. The molecular weight excluding hydrogens is 322 g/mol. The molecule has 1 aliphatic rings.